The van der Waals surface area contributed by atoms with E-state index >= 15 is 0 Å². The normalized spacial score (nSPS) is 12.2. The third kappa shape index (κ3) is 4.29. The van der Waals surface area contributed by atoms with Crippen molar-refractivity contribution in [1.29, 1.82) is 0 Å². The molecule has 178 valence electrons. The molecule has 5 rings (SSSR count). The highest BCUT2D eigenvalue weighted by atomic mass is 35.5. The Morgan fingerprint density at radius 1 is 1.17 bits per heavy atom. The van der Waals surface area contributed by atoms with E-state index in [0.717, 1.165) is 5.69 Å². The Morgan fingerprint density at radius 2 is 2.00 bits per heavy atom. The highest BCUT2D eigenvalue weighted by molar-refractivity contribution is 6.32. The summed E-state index contributed by atoms with van der Waals surface area (Å²) >= 11 is 6.40. The maximum atomic E-state index is 14.1. The maximum absolute atomic E-state index is 14.1. The third-order valence-electron chi connectivity index (χ3n) is 5.80. The van der Waals surface area contributed by atoms with Crippen LogP contribution < -0.4 is 10.9 Å². The molecule has 0 fully saturated rings. The second-order valence-corrected chi connectivity index (χ2v) is 8.37. The van der Waals surface area contributed by atoms with Gasteiger partial charge in [0.2, 0.25) is 0 Å². The van der Waals surface area contributed by atoms with Gasteiger partial charge < -0.3 is 10.4 Å². The van der Waals surface area contributed by atoms with E-state index < -0.39 is 6.04 Å². The minimum Gasteiger partial charge on any atom is -0.394 e. The summed E-state index contributed by atoms with van der Waals surface area (Å²) in [6.45, 7) is 0.00649. The van der Waals surface area contributed by atoms with Gasteiger partial charge in [0.25, 0.3) is 5.56 Å². The average molecular weight is 494 g/mol. The van der Waals surface area contributed by atoms with Crippen molar-refractivity contribution in [2.45, 2.75) is 12.6 Å². The van der Waals surface area contributed by atoms with Gasteiger partial charge in [0.15, 0.2) is 0 Å². The van der Waals surface area contributed by atoms with Gasteiger partial charge in [-0.2, -0.15) is 10.2 Å². The number of nitrogens with zero attached hydrogens (tertiary/aromatic N) is 6. The van der Waals surface area contributed by atoms with E-state index in [1.54, 1.807) is 65.2 Å². The first-order valence-corrected chi connectivity index (χ1v) is 11.2. The summed E-state index contributed by atoms with van der Waals surface area (Å²) in [5.74, 6) is 0.0901. The molecule has 4 aromatic heterocycles. The number of aryl methyl sites for hydroxylation is 1. The molecule has 9 nitrogen and oxygen atoms in total. The fraction of sp³-hybridized carbons (Fsp3) is 0.167. The molecule has 2 N–H and O–H groups in total. The molecule has 4 heterocycles. The van der Waals surface area contributed by atoms with E-state index in [-0.39, 0.29) is 29.6 Å². The average Bonchev–Trinajstić information content (AvgIpc) is 3.47. The number of aliphatic hydroxyl groups excluding tert-OH is 1. The molecule has 1 unspecified atom stereocenters. The van der Waals surface area contributed by atoms with Crippen LogP contribution in [0.1, 0.15) is 17.3 Å². The second kappa shape index (κ2) is 9.32. The van der Waals surface area contributed by atoms with Crippen LogP contribution in [0, 0.1) is 5.82 Å². The molecule has 0 aliphatic carbocycles. The van der Waals surface area contributed by atoms with Crippen LogP contribution in [0.4, 0.5) is 10.2 Å². The molecule has 11 heteroatoms. The van der Waals surface area contributed by atoms with Gasteiger partial charge in [-0.25, -0.2) is 9.37 Å². The minimum absolute atomic E-state index is 0.188. The molecule has 0 aliphatic heterocycles. The fourth-order valence-electron chi connectivity index (χ4n) is 3.99. The Labute approximate surface area is 204 Å². The Bertz CT molecular complexity index is 1580. The van der Waals surface area contributed by atoms with Crippen molar-refractivity contribution in [3.63, 3.8) is 0 Å². The van der Waals surface area contributed by atoms with Crippen molar-refractivity contribution in [3.8, 4) is 5.69 Å². The van der Waals surface area contributed by atoms with E-state index in [9.17, 15) is 14.3 Å². The Morgan fingerprint density at radius 3 is 2.74 bits per heavy atom. The van der Waals surface area contributed by atoms with Crippen LogP contribution >= 0.6 is 11.6 Å². The Kier molecular flexibility index (Phi) is 6.06. The fourth-order valence-corrected chi connectivity index (χ4v) is 4.19. The third-order valence-corrected chi connectivity index (χ3v) is 6.10. The predicted molar refractivity (Wildman–Crippen MR) is 130 cm³/mol. The zero-order valence-corrected chi connectivity index (χ0v) is 19.4. The van der Waals surface area contributed by atoms with Gasteiger partial charge in [0, 0.05) is 31.1 Å². The van der Waals surface area contributed by atoms with Gasteiger partial charge in [-0.05, 0) is 18.2 Å². The van der Waals surface area contributed by atoms with Crippen molar-refractivity contribution >= 4 is 28.3 Å². The summed E-state index contributed by atoms with van der Waals surface area (Å²) in [6.07, 6.45) is 6.14. The largest absolute Gasteiger partial charge is 0.394 e. The maximum Gasteiger partial charge on any atom is 0.266 e. The second-order valence-electron chi connectivity index (χ2n) is 7.96. The van der Waals surface area contributed by atoms with Gasteiger partial charge in [-0.15, -0.1) is 0 Å². The molecule has 0 amide bonds. The van der Waals surface area contributed by atoms with Crippen LogP contribution in [0.15, 0.2) is 72.0 Å². The molecule has 5 aromatic rings. The first-order valence-electron chi connectivity index (χ1n) is 10.8. The van der Waals surface area contributed by atoms with Crippen LogP contribution in [0.25, 0.3) is 16.6 Å². The molecule has 0 saturated carbocycles. The van der Waals surface area contributed by atoms with Gasteiger partial charge in [0.1, 0.15) is 11.6 Å². The lowest BCUT2D eigenvalue weighted by molar-refractivity contribution is 0.271. The number of pyridine rings is 2. The van der Waals surface area contributed by atoms with Crippen LogP contribution in [-0.4, -0.2) is 40.8 Å². The number of rotatable bonds is 7. The lowest BCUT2D eigenvalue weighted by atomic mass is 10.2. The van der Waals surface area contributed by atoms with E-state index in [4.69, 9.17) is 11.6 Å². The number of benzene rings is 1. The van der Waals surface area contributed by atoms with Crippen molar-refractivity contribution in [2.24, 2.45) is 7.05 Å². The van der Waals surface area contributed by atoms with Crippen molar-refractivity contribution < 1.29 is 9.50 Å². The molecular weight excluding hydrogens is 473 g/mol. The summed E-state index contributed by atoms with van der Waals surface area (Å²) in [5.41, 5.74) is 1.91. The standard InChI is InChI=1S/C24H21ClFN7O2/c1-31-21(6-8-28-31)19(14-34)30-23-10-22(17(25)12-27-23)32-9-7-20-16(24(32)35)11-29-33(20)13-15-4-2-3-5-18(15)26/h2-12,19,34H,13-14H2,1H3,(H,27,30). The van der Waals surface area contributed by atoms with Crippen LogP contribution in [-0.2, 0) is 13.6 Å². The molecule has 35 heavy (non-hydrogen) atoms. The highest BCUT2D eigenvalue weighted by Crippen LogP contribution is 2.25. The summed E-state index contributed by atoms with van der Waals surface area (Å²) in [6, 6.07) is 11.2. The molecule has 1 atom stereocenters. The lowest BCUT2D eigenvalue weighted by Gasteiger charge is -2.18. The number of aliphatic hydroxyl groups is 1. The van der Waals surface area contributed by atoms with E-state index in [0.29, 0.717) is 28.0 Å². The molecule has 0 radical (unpaired) electrons. The van der Waals surface area contributed by atoms with Gasteiger partial charge in [-0.1, -0.05) is 29.8 Å². The number of anilines is 1. The van der Waals surface area contributed by atoms with Crippen molar-refractivity contribution in [3.05, 3.63) is 99.7 Å². The van der Waals surface area contributed by atoms with Crippen LogP contribution in [0.3, 0.4) is 0 Å². The zero-order valence-electron chi connectivity index (χ0n) is 18.6. The van der Waals surface area contributed by atoms with E-state index in [1.807, 2.05) is 0 Å². The van der Waals surface area contributed by atoms with Crippen LogP contribution in [0.5, 0.6) is 0 Å². The van der Waals surface area contributed by atoms with Gasteiger partial charge in [-0.3, -0.25) is 18.7 Å². The molecule has 0 bridgehead atoms. The molecule has 0 saturated heterocycles. The zero-order chi connectivity index (χ0) is 24.5. The monoisotopic (exact) mass is 493 g/mol. The summed E-state index contributed by atoms with van der Waals surface area (Å²) in [4.78, 5) is 17.6. The van der Waals surface area contributed by atoms with E-state index in [2.05, 4.69) is 20.5 Å². The SMILES string of the molecule is Cn1nccc1C(CO)Nc1cc(-n2ccc3c(cnn3Cc3ccccc3F)c2=O)c(Cl)cn1. The van der Waals surface area contributed by atoms with Gasteiger partial charge in [0.05, 0.1) is 58.9 Å². The lowest BCUT2D eigenvalue weighted by Crippen LogP contribution is -2.20. The number of nitrogens with one attached hydrogen (secondary N) is 1. The van der Waals surface area contributed by atoms with Gasteiger partial charge >= 0.3 is 0 Å². The number of halogens is 2. The number of hydrogen-bond acceptors (Lipinski definition) is 6. The number of aromatic nitrogens is 6. The summed E-state index contributed by atoms with van der Waals surface area (Å²) < 4.78 is 18.7. The Balaban J connectivity index is 1.49. The first-order chi connectivity index (χ1) is 17.0. The van der Waals surface area contributed by atoms with Crippen LogP contribution in [0.2, 0.25) is 5.02 Å². The highest BCUT2D eigenvalue weighted by Gasteiger charge is 2.17. The van der Waals surface area contributed by atoms with Crippen molar-refractivity contribution in [2.75, 3.05) is 11.9 Å². The number of fused-ring (bicyclic) bond motifs is 1. The Hall–Kier alpha value is -4.02. The van der Waals surface area contributed by atoms with Crippen molar-refractivity contribution in [1.82, 2.24) is 29.1 Å². The number of hydrogen-bond donors (Lipinski definition) is 2. The molecule has 0 spiro atoms. The summed E-state index contributed by atoms with van der Waals surface area (Å²) in [5, 5.41) is 22.1. The smallest absolute Gasteiger partial charge is 0.266 e. The summed E-state index contributed by atoms with van der Waals surface area (Å²) in [7, 11) is 1.78. The first kappa shape index (κ1) is 22.8. The minimum atomic E-state index is -0.458. The predicted octanol–water partition coefficient (Wildman–Crippen LogP) is 3.30. The molecule has 0 aliphatic rings. The molecular formula is C24H21ClFN7O2. The topological polar surface area (TPSA) is 103 Å². The molecule has 1 aromatic carbocycles. The quantitative estimate of drug-likeness (QED) is 0.360. The van der Waals surface area contributed by atoms with E-state index in [1.165, 1.54) is 23.0 Å².